The van der Waals surface area contributed by atoms with Crippen molar-refractivity contribution in [2.45, 2.75) is 37.6 Å². The summed E-state index contributed by atoms with van der Waals surface area (Å²) < 4.78 is 32.6. The second-order valence-corrected chi connectivity index (χ2v) is 7.90. The van der Waals surface area contributed by atoms with Gasteiger partial charge in [-0.2, -0.15) is 0 Å². The molecule has 0 fully saturated rings. The van der Waals surface area contributed by atoms with E-state index in [1.54, 1.807) is 12.1 Å². The zero-order valence-corrected chi connectivity index (χ0v) is 13.8. The van der Waals surface area contributed by atoms with E-state index in [1.807, 2.05) is 19.1 Å². The van der Waals surface area contributed by atoms with Crippen LogP contribution in [0.25, 0.3) is 0 Å². The Labute approximate surface area is 129 Å². The molecule has 0 saturated carbocycles. The van der Waals surface area contributed by atoms with Crippen molar-refractivity contribution < 1.29 is 12.8 Å². The van der Waals surface area contributed by atoms with E-state index in [0.29, 0.717) is 16.5 Å². The zero-order valence-electron chi connectivity index (χ0n) is 12.2. The van der Waals surface area contributed by atoms with E-state index in [1.165, 1.54) is 11.3 Å². The first kappa shape index (κ1) is 16.2. The molecule has 0 aromatic carbocycles. The van der Waals surface area contributed by atoms with Crippen LogP contribution >= 0.6 is 11.3 Å². The smallest absolute Gasteiger partial charge is 0.250 e. The van der Waals surface area contributed by atoms with Gasteiger partial charge in [-0.15, -0.1) is 11.3 Å². The number of furan rings is 1. The Bertz CT molecular complexity index is 674. The van der Waals surface area contributed by atoms with Crippen LogP contribution in [-0.4, -0.2) is 15.0 Å². The van der Waals surface area contributed by atoms with E-state index in [2.05, 4.69) is 17.0 Å². The first-order valence-electron chi connectivity index (χ1n) is 6.85. The molecule has 0 aliphatic heterocycles. The van der Waals surface area contributed by atoms with Gasteiger partial charge in [0.15, 0.2) is 0 Å². The maximum absolute atomic E-state index is 12.2. The third kappa shape index (κ3) is 4.67. The highest BCUT2D eigenvalue weighted by Crippen LogP contribution is 2.21. The number of rotatable bonds is 8. The summed E-state index contributed by atoms with van der Waals surface area (Å²) in [5, 5.41) is 3.26. The molecule has 0 amide bonds. The average molecular weight is 328 g/mol. The van der Waals surface area contributed by atoms with Crippen LogP contribution in [-0.2, 0) is 23.1 Å². The van der Waals surface area contributed by atoms with Gasteiger partial charge in [-0.05, 0) is 44.2 Å². The lowest BCUT2D eigenvalue weighted by Gasteiger charge is -2.03. The predicted molar refractivity (Wildman–Crippen MR) is 83.8 cm³/mol. The van der Waals surface area contributed by atoms with Gasteiger partial charge in [-0.25, -0.2) is 13.1 Å². The topological polar surface area (TPSA) is 71.3 Å². The Morgan fingerprint density at radius 3 is 2.67 bits per heavy atom. The summed E-state index contributed by atoms with van der Waals surface area (Å²) in [4.78, 5) is 1.01. The molecule has 0 aliphatic rings. The van der Waals surface area contributed by atoms with Crippen LogP contribution in [0, 0.1) is 6.92 Å². The summed E-state index contributed by atoms with van der Waals surface area (Å²) in [7, 11) is -3.48. The summed E-state index contributed by atoms with van der Waals surface area (Å²) in [6, 6.07) is 7.07. The quantitative estimate of drug-likeness (QED) is 0.731. The number of sulfonamides is 1. The van der Waals surface area contributed by atoms with E-state index in [9.17, 15) is 8.42 Å². The highest BCUT2D eigenvalue weighted by atomic mass is 32.2. The first-order valence-corrected chi connectivity index (χ1v) is 9.15. The van der Waals surface area contributed by atoms with E-state index in [-0.39, 0.29) is 6.54 Å². The van der Waals surface area contributed by atoms with Crippen molar-refractivity contribution in [1.29, 1.82) is 0 Å². The molecule has 0 radical (unpaired) electrons. The molecule has 116 valence electrons. The Hall–Kier alpha value is -1.15. The normalized spacial score (nSPS) is 11.9. The molecule has 2 aromatic heterocycles. The minimum Gasteiger partial charge on any atom is -0.465 e. The van der Waals surface area contributed by atoms with Gasteiger partial charge in [0.25, 0.3) is 0 Å². The molecule has 7 heteroatoms. The SMILES string of the molecule is CCCNCc1ccc(S(=O)(=O)NCc2ccc(C)o2)s1. The van der Waals surface area contributed by atoms with Crippen molar-refractivity contribution in [3.8, 4) is 0 Å². The van der Waals surface area contributed by atoms with E-state index in [0.717, 1.165) is 23.6 Å². The number of hydrogen-bond donors (Lipinski definition) is 2. The molecular weight excluding hydrogens is 308 g/mol. The van der Waals surface area contributed by atoms with E-state index < -0.39 is 10.0 Å². The fourth-order valence-electron chi connectivity index (χ4n) is 1.80. The third-order valence-corrected chi connectivity index (χ3v) is 5.84. The van der Waals surface area contributed by atoms with Gasteiger partial charge >= 0.3 is 0 Å². The van der Waals surface area contributed by atoms with E-state index >= 15 is 0 Å². The lowest BCUT2D eigenvalue weighted by Crippen LogP contribution is -2.22. The minimum absolute atomic E-state index is 0.164. The van der Waals surface area contributed by atoms with Crippen molar-refractivity contribution in [3.05, 3.63) is 40.7 Å². The summed E-state index contributed by atoms with van der Waals surface area (Å²) >= 11 is 1.29. The molecule has 21 heavy (non-hydrogen) atoms. The molecule has 2 rings (SSSR count). The van der Waals surface area contributed by atoms with Crippen molar-refractivity contribution >= 4 is 21.4 Å². The lowest BCUT2D eigenvalue weighted by atomic mass is 10.4. The number of nitrogens with one attached hydrogen (secondary N) is 2. The maximum atomic E-state index is 12.2. The minimum atomic E-state index is -3.48. The van der Waals surface area contributed by atoms with Crippen molar-refractivity contribution in [3.63, 3.8) is 0 Å². The number of hydrogen-bond acceptors (Lipinski definition) is 5. The Balaban J connectivity index is 1.95. The molecule has 2 N–H and O–H groups in total. The predicted octanol–water partition coefficient (Wildman–Crippen LogP) is 2.63. The number of thiophene rings is 1. The average Bonchev–Trinajstić information content (AvgIpc) is 3.06. The van der Waals surface area contributed by atoms with Gasteiger partial charge in [-0.1, -0.05) is 6.92 Å². The van der Waals surface area contributed by atoms with Crippen LogP contribution in [0.1, 0.15) is 29.7 Å². The van der Waals surface area contributed by atoms with Gasteiger partial charge in [0.2, 0.25) is 10.0 Å². The molecule has 5 nitrogen and oxygen atoms in total. The summed E-state index contributed by atoms with van der Waals surface area (Å²) in [6.45, 7) is 5.71. The van der Waals surface area contributed by atoms with Gasteiger partial charge in [0, 0.05) is 11.4 Å². The van der Waals surface area contributed by atoms with Crippen LogP contribution in [0.3, 0.4) is 0 Å². The third-order valence-electron chi connectivity index (χ3n) is 2.86. The molecule has 0 spiro atoms. The Morgan fingerprint density at radius 1 is 1.19 bits per heavy atom. The second-order valence-electron chi connectivity index (χ2n) is 4.73. The summed E-state index contributed by atoms with van der Waals surface area (Å²) in [5.74, 6) is 1.38. The van der Waals surface area contributed by atoms with Crippen LogP contribution < -0.4 is 10.0 Å². The monoisotopic (exact) mass is 328 g/mol. The Kier molecular flexibility index (Phi) is 5.58. The number of aryl methyl sites for hydroxylation is 1. The zero-order chi connectivity index (χ0) is 15.3. The molecule has 2 heterocycles. The molecular formula is C14H20N2O3S2. The van der Waals surface area contributed by atoms with Gasteiger partial charge in [-0.3, -0.25) is 0 Å². The van der Waals surface area contributed by atoms with Crippen LogP contribution in [0.4, 0.5) is 0 Å². The van der Waals surface area contributed by atoms with Gasteiger partial charge in [0.1, 0.15) is 15.7 Å². The van der Waals surface area contributed by atoms with Gasteiger partial charge in [0.05, 0.1) is 6.54 Å². The Morgan fingerprint density at radius 2 is 2.00 bits per heavy atom. The fourth-order valence-corrected chi connectivity index (χ4v) is 4.17. The highest BCUT2D eigenvalue weighted by molar-refractivity contribution is 7.91. The van der Waals surface area contributed by atoms with Crippen molar-refractivity contribution in [1.82, 2.24) is 10.0 Å². The summed E-state index contributed by atoms with van der Waals surface area (Å²) in [6.07, 6.45) is 1.06. The summed E-state index contributed by atoms with van der Waals surface area (Å²) in [5.41, 5.74) is 0. The molecule has 0 unspecified atom stereocenters. The van der Waals surface area contributed by atoms with Crippen molar-refractivity contribution in [2.75, 3.05) is 6.54 Å². The molecule has 0 bridgehead atoms. The highest BCUT2D eigenvalue weighted by Gasteiger charge is 2.17. The fraction of sp³-hybridized carbons (Fsp3) is 0.429. The second kappa shape index (κ2) is 7.22. The maximum Gasteiger partial charge on any atom is 0.250 e. The first-order chi connectivity index (χ1) is 10.0. The van der Waals surface area contributed by atoms with Crippen molar-refractivity contribution in [2.24, 2.45) is 0 Å². The molecule has 0 saturated heterocycles. The van der Waals surface area contributed by atoms with Gasteiger partial charge < -0.3 is 9.73 Å². The molecule has 0 atom stereocenters. The largest absolute Gasteiger partial charge is 0.465 e. The van der Waals surface area contributed by atoms with Crippen LogP contribution in [0.15, 0.2) is 32.9 Å². The van der Waals surface area contributed by atoms with Crippen LogP contribution in [0.5, 0.6) is 0 Å². The van der Waals surface area contributed by atoms with E-state index in [4.69, 9.17) is 4.42 Å². The molecule has 2 aromatic rings. The van der Waals surface area contributed by atoms with Crippen LogP contribution in [0.2, 0.25) is 0 Å². The standard InChI is InChI=1S/C14H20N2O3S2/c1-3-8-15-10-13-6-7-14(20-13)21(17,18)16-9-12-5-4-11(2)19-12/h4-7,15-16H,3,8-10H2,1-2H3. The molecule has 0 aliphatic carbocycles. The lowest BCUT2D eigenvalue weighted by molar-refractivity contribution is 0.475.